The molecule has 0 atom stereocenters. The Kier molecular flexibility index (Phi) is 12.2. The second-order valence-electron chi connectivity index (χ2n) is 20.7. The molecule has 87 heavy (non-hydrogen) atoms. The number of carbonyl (C=O) groups is 2. The van der Waals surface area contributed by atoms with Crippen molar-refractivity contribution in [1.82, 2.24) is 59.1 Å². The monoisotopic (exact) mass is 1210 g/mol. The van der Waals surface area contributed by atoms with Crippen LogP contribution in [0.4, 0.5) is 24.7 Å². The summed E-state index contributed by atoms with van der Waals surface area (Å²) < 4.78 is 118. The zero-order chi connectivity index (χ0) is 60.7. The summed E-state index contributed by atoms with van der Waals surface area (Å²) in [6.07, 6.45) is 6.47. The van der Waals surface area contributed by atoms with Gasteiger partial charge in [-0.2, -0.15) is 9.67 Å². The molecule has 2 N–H and O–H groups in total. The van der Waals surface area contributed by atoms with Gasteiger partial charge in [0.15, 0.2) is 11.6 Å². The van der Waals surface area contributed by atoms with Crippen LogP contribution in [0.5, 0.6) is 0 Å². The number of nitrogens with one attached hydrogen (secondary N) is 2. The number of furan rings is 2. The summed E-state index contributed by atoms with van der Waals surface area (Å²) in [7, 11) is -2.30. The van der Waals surface area contributed by atoms with E-state index in [1.54, 1.807) is 81.9 Å². The third-order valence-electron chi connectivity index (χ3n) is 15.4. The number of benzene rings is 4. The molecule has 10 heterocycles. The van der Waals surface area contributed by atoms with Gasteiger partial charge in [0.2, 0.25) is 31.6 Å². The summed E-state index contributed by atoms with van der Waals surface area (Å²) >= 11 is 0. The van der Waals surface area contributed by atoms with Gasteiger partial charge in [0.05, 0.1) is 73.6 Å². The van der Waals surface area contributed by atoms with E-state index in [4.69, 9.17) is 18.8 Å². The van der Waals surface area contributed by atoms with E-state index in [-0.39, 0.29) is 85.2 Å². The summed E-state index contributed by atoms with van der Waals surface area (Å²) in [6, 6.07) is 27.7. The quantitative estimate of drug-likeness (QED) is 0.115. The molecule has 14 rings (SSSR count). The standard InChI is InChI=1S/C60H43F3N14O8S2/c1-64-57(78)51-37-22-35(56(74(4)87(6,82)83)71-59(37)85-55(51)30-10-12-31(61)13-11-30)41-15-17-43-54(70-41)48-24-33-39(63)18-29(19-46(33)76(48)27-67-43)20-50-68-28-77(72-50)60-52(58(79)65-2)36-21-34(45(25-49(36)84-60)73(3)86(5,80)81)40-14-16-42-53(69-40)47-23-32-38(62)8-7-9-44(32)75(47)26-66-42/h7-19,21-28H,20H2,1-6H3,(H,64,78)(H,65,79). The highest BCUT2D eigenvalue weighted by molar-refractivity contribution is 7.92. The number of carbonyl (C=O) groups excluding carboxylic acids is 2. The lowest BCUT2D eigenvalue weighted by Gasteiger charge is -2.20. The van der Waals surface area contributed by atoms with Crippen molar-refractivity contribution in [2.45, 2.75) is 6.42 Å². The molecule has 0 aliphatic carbocycles. The Labute approximate surface area is 489 Å². The number of nitrogens with zero attached hydrogens (tertiary/aromatic N) is 12. The highest BCUT2D eigenvalue weighted by Gasteiger charge is 2.31. The van der Waals surface area contributed by atoms with Gasteiger partial charge in [0, 0.05) is 73.5 Å². The molecule has 434 valence electrons. The van der Waals surface area contributed by atoms with Gasteiger partial charge in [-0.3, -0.25) is 27.0 Å². The van der Waals surface area contributed by atoms with Crippen molar-refractivity contribution in [3.63, 3.8) is 0 Å². The van der Waals surface area contributed by atoms with Crippen molar-refractivity contribution in [1.29, 1.82) is 0 Å². The maximum atomic E-state index is 16.5. The molecule has 0 saturated carbocycles. The minimum Gasteiger partial charge on any atom is -0.437 e. The van der Waals surface area contributed by atoms with Crippen LogP contribution in [0.1, 0.15) is 32.1 Å². The van der Waals surface area contributed by atoms with Gasteiger partial charge in [-0.15, -0.1) is 5.10 Å². The second-order valence-corrected chi connectivity index (χ2v) is 24.7. The Morgan fingerprint density at radius 3 is 1.87 bits per heavy atom. The number of hydrogen-bond acceptors (Lipinski definition) is 15. The summed E-state index contributed by atoms with van der Waals surface area (Å²) in [5.41, 5.74) is 5.74. The molecule has 4 aromatic carbocycles. The summed E-state index contributed by atoms with van der Waals surface area (Å²) in [5, 5.41) is 11.0. The number of amides is 2. The summed E-state index contributed by atoms with van der Waals surface area (Å²) in [4.78, 5) is 55.9. The van der Waals surface area contributed by atoms with Crippen LogP contribution in [0.15, 0.2) is 137 Å². The average molecular weight is 1210 g/mol. The molecule has 22 nitrogen and oxygen atoms in total. The summed E-state index contributed by atoms with van der Waals surface area (Å²) in [5.74, 6) is -2.53. The molecule has 0 saturated heterocycles. The maximum Gasteiger partial charge on any atom is 0.257 e. The lowest BCUT2D eigenvalue weighted by atomic mass is 10.0. The number of anilines is 2. The second kappa shape index (κ2) is 19.6. The van der Waals surface area contributed by atoms with Crippen LogP contribution in [0.3, 0.4) is 0 Å². The van der Waals surface area contributed by atoms with Gasteiger partial charge in [-0.25, -0.2) is 54.9 Å². The highest BCUT2D eigenvalue weighted by Crippen LogP contribution is 2.42. The van der Waals surface area contributed by atoms with Crippen molar-refractivity contribution < 1.29 is 48.4 Å². The highest BCUT2D eigenvalue weighted by atomic mass is 32.2. The normalized spacial score (nSPS) is 12.3. The number of pyridine rings is 3. The zero-order valence-electron chi connectivity index (χ0n) is 46.4. The van der Waals surface area contributed by atoms with E-state index in [0.717, 1.165) is 21.1 Å². The fourth-order valence-electron chi connectivity index (χ4n) is 11.0. The Bertz CT molecular complexity index is 5570. The van der Waals surface area contributed by atoms with E-state index in [9.17, 15) is 30.8 Å². The van der Waals surface area contributed by atoms with Crippen LogP contribution in [0.25, 0.3) is 117 Å². The first kappa shape index (κ1) is 54.2. The van der Waals surface area contributed by atoms with E-state index < -0.39 is 49.3 Å². The van der Waals surface area contributed by atoms with Gasteiger partial charge >= 0.3 is 0 Å². The average Bonchev–Trinajstić information content (AvgIpc) is 1.82. The molecule has 0 aliphatic heterocycles. The number of aromatic nitrogens is 10. The Morgan fingerprint density at radius 2 is 1.22 bits per heavy atom. The first-order valence-electron chi connectivity index (χ1n) is 26.5. The van der Waals surface area contributed by atoms with Crippen LogP contribution >= 0.6 is 0 Å². The number of sulfonamides is 2. The van der Waals surface area contributed by atoms with E-state index in [1.807, 2.05) is 0 Å². The maximum absolute atomic E-state index is 16.5. The SMILES string of the molecule is CNC(=O)c1c(-n2cnc(Cc3cc(F)c4cc5c6nc(-c7cc8c(C(=O)NC)c(-c9ccc(F)cc9)oc8nc7N(C)S(C)(=O)=O)ccc6ncn5c4c3)n2)oc2cc(N(C)S(C)(=O)=O)c(-c3ccc4ncn5c6cccc(F)c6cc5c4n3)cc12. The zero-order valence-corrected chi connectivity index (χ0v) is 48.0. The third-order valence-corrected chi connectivity index (χ3v) is 17.8. The van der Waals surface area contributed by atoms with Crippen LogP contribution in [0, 0.1) is 17.5 Å². The number of hydrogen-bond donors (Lipinski definition) is 2. The van der Waals surface area contributed by atoms with Crippen LogP contribution in [-0.4, -0.2) is 118 Å². The topological polar surface area (TPSA) is 263 Å². The molecule has 10 aromatic heterocycles. The van der Waals surface area contributed by atoms with E-state index >= 15 is 8.78 Å². The molecule has 0 spiro atoms. The van der Waals surface area contributed by atoms with Crippen molar-refractivity contribution in [2.24, 2.45) is 0 Å². The predicted molar refractivity (Wildman–Crippen MR) is 321 cm³/mol. The molecule has 0 fully saturated rings. The fraction of sp³-hybridized carbons (Fsp3) is 0.117. The third kappa shape index (κ3) is 8.78. The van der Waals surface area contributed by atoms with Gasteiger partial charge in [-0.1, -0.05) is 6.07 Å². The molecule has 0 radical (unpaired) electrons. The Balaban J connectivity index is 0.845. The van der Waals surface area contributed by atoms with Crippen LogP contribution < -0.4 is 19.2 Å². The van der Waals surface area contributed by atoms with Gasteiger partial charge in [0.25, 0.3) is 11.8 Å². The number of rotatable bonds is 12. The largest absolute Gasteiger partial charge is 0.437 e. The van der Waals surface area contributed by atoms with Gasteiger partial charge < -0.3 is 19.5 Å². The lowest BCUT2D eigenvalue weighted by molar-refractivity contribution is 0.0956. The predicted octanol–water partition coefficient (Wildman–Crippen LogP) is 9.37. The molecule has 0 unspecified atom stereocenters. The van der Waals surface area contributed by atoms with Crippen molar-refractivity contribution in [3.05, 3.63) is 168 Å². The molecule has 14 aromatic rings. The summed E-state index contributed by atoms with van der Waals surface area (Å²) in [6.45, 7) is 0. The van der Waals surface area contributed by atoms with Crippen molar-refractivity contribution >= 4 is 120 Å². The van der Waals surface area contributed by atoms with Crippen molar-refractivity contribution in [2.75, 3.05) is 49.3 Å². The minimum absolute atomic E-state index is 0.0137. The minimum atomic E-state index is -3.96. The van der Waals surface area contributed by atoms with E-state index in [2.05, 4.69) is 35.7 Å². The van der Waals surface area contributed by atoms with E-state index in [0.29, 0.717) is 71.9 Å². The first-order valence-corrected chi connectivity index (χ1v) is 30.2. The number of halogens is 3. The first-order chi connectivity index (χ1) is 41.6. The van der Waals surface area contributed by atoms with Gasteiger partial charge in [0.1, 0.15) is 64.4 Å². The Hall–Kier alpha value is -10.8. The molecular formula is C60H43F3N14O8S2. The van der Waals surface area contributed by atoms with E-state index in [1.165, 1.54) is 88.0 Å². The molecule has 0 bridgehead atoms. The van der Waals surface area contributed by atoms with Crippen LogP contribution in [-0.2, 0) is 26.5 Å². The molecular weight excluding hydrogens is 1170 g/mol. The number of fused-ring (bicyclic) bond motifs is 12. The van der Waals surface area contributed by atoms with Gasteiger partial charge in [-0.05, 0) is 103 Å². The smallest absolute Gasteiger partial charge is 0.257 e. The van der Waals surface area contributed by atoms with Crippen LogP contribution in [0.2, 0.25) is 0 Å². The lowest BCUT2D eigenvalue weighted by Crippen LogP contribution is -2.26. The Morgan fingerprint density at radius 1 is 0.598 bits per heavy atom. The fourth-order valence-corrected chi connectivity index (χ4v) is 11.9. The molecule has 2 amide bonds. The molecule has 27 heteroatoms. The molecule has 0 aliphatic rings. The van der Waals surface area contributed by atoms with Crippen molar-refractivity contribution in [3.8, 4) is 39.7 Å².